The van der Waals surface area contributed by atoms with Gasteiger partial charge in [-0.3, -0.25) is 4.90 Å². The van der Waals surface area contributed by atoms with Crippen molar-refractivity contribution in [1.82, 2.24) is 4.90 Å². The Kier molecular flexibility index (Phi) is 6.78. The second kappa shape index (κ2) is 7.61. The van der Waals surface area contributed by atoms with Gasteiger partial charge in [0.1, 0.15) is 0 Å². The van der Waals surface area contributed by atoms with E-state index in [1.807, 2.05) is 13.8 Å². The van der Waals surface area contributed by atoms with Crippen molar-refractivity contribution in [2.24, 2.45) is 5.73 Å². The fourth-order valence-electron chi connectivity index (χ4n) is 3.30. The molecule has 0 heterocycles. The molecular formula is C16H34N2O. The van der Waals surface area contributed by atoms with Crippen molar-refractivity contribution in [2.45, 2.75) is 83.3 Å². The van der Waals surface area contributed by atoms with E-state index in [2.05, 4.69) is 11.8 Å². The minimum absolute atomic E-state index is 0.192. The van der Waals surface area contributed by atoms with Crippen LogP contribution in [0.25, 0.3) is 0 Å². The van der Waals surface area contributed by atoms with Gasteiger partial charge in [0.25, 0.3) is 0 Å². The summed E-state index contributed by atoms with van der Waals surface area (Å²) in [7, 11) is 0. The zero-order valence-electron chi connectivity index (χ0n) is 13.2. The lowest BCUT2D eigenvalue weighted by molar-refractivity contribution is 0.0235. The maximum atomic E-state index is 9.99. The molecular weight excluding hydrogens is 236 g/mol. The first-order valence-corrected chi connectivity index (χ1v) is 8.11. The lowest BCUT2D eigenvalue weighted by atomic mass is 9.87. The monoisotopic (exact) mass is 270 g/mol. The summed E-state index contributed by atoms with van der Waals surface area (Å²) in [5.74, 6) is 0. The summed E-state index contributed by atoms with van der Waals surface area (Å²) in [5, 5.41) is 9.99. The molecule has 0 saturated heterocycles. The first-order chi connectivity index (χ1) is 8.93. The molecule has 3 nitrogen and oxygen atoms in total. The number of hydrogen-bond donors (Lipinski definition) is 2. The van der Waals surface area contributed by atoms with Crippen LogP contribution in [0.3, 0.4) is 0 Å². The predicted octanol–water partition coefficient (Wildman–Crippen LogP) is 2.91. The summed E-state index contributed by atoms with van der Waals surface area (Å²) in [6, 6.07) is 0. The van der Waals surface area contributed by atoms with Gasteiger partial charge in [-0.25, -0.2) is 0 Å². The Balaban J connectivity index is 2.74. The van der Waals surface area contributed by atoms with Gasteiger partial charge in [-0.05, 0) is 46.1 Å². The standard InChI is InChI=1S/C16H34N2O/c1-4-12-18(13-11-15(2,3)19)16(14-17)9-7-5-6-8-10-16/h19H,4-14,17H2,1-3H3. The molecule has 1 fully saturated rings. The average Bonchev–Trinajstić information content (AvgIpc) is 2.59. The van der Waals surface area contributed by atoms with Crippen molar-refractivity contribution < 1.29 is 5.11 Å². The Hall–Kier alpha value is -0.120. The van der Waals surface area contributed by atoms with Crippen LogP contribution in [-0.2, 0) is 0 Å². The van der Waals surface area contributed by atoms with E-state index in [0.717, 1.165) is 32.5 Å². The average molecular weight is 270 g/mol. The van der Waals surface area contributed by atoms with E-state index < -0.39 is 5.60 Å². The zero-order valence-corrected chi connectivity index (χ0v) is 13.2. The highest BCUT2D eigenvalue weighted by molar-refractivity contribution is 4.93. The maximum Gasteiger partial charge on any atom is 0.0603 e. The van der Waals surface area contributed by atoms with Gasteiger partial charge < -0.3 is 10.8 Å². The molecule has 0 unspecified atom stereocenters. The van der Waals surface area contributed by atoms with Crippen LogP contribution in [0, 0.1) is 0 Å². The SMILES string of the molecule is CCCN(CCC(C)(C)O)C1(CN)CCCCCC1. The number of aliphatic hydroxyl groups is 1. The third-order valence-corrected chi connectivity index (χ3v) is 4.57. The van der Waals surface area contributed by atoms with Crippen molar-refractivity contribution in [3.05, 3.63) is 0 Å². The minimum atomic E-state index is -0.577. The fourth-order valence-corrected chi connectivity index (χ4v) is 3.30. The predicted molar refractivity (Wildman–Crippen MR) is 82.3 cm³/mol. The smallest absolute Gasteiger partial charge is 0.0603 e. The summed E-state index contributed by atoms with van der Waals surface area (Å²) in [5.41, 5.74) is 5.79. The van der Waals surface area contributed by atoms with Crippen LogP contribution >= 0.6 is 0 Å². The van der Waals surface area contributed by atoms with Crippen molar-refractivity contribution >= 4 is 0 Å². The molecule has 0 aliphatic heterocycles. The fraction of sp³-hybridized carbons (Fsp3) is 1.00. The van der Waals surface area contributed by atoms with Crippen LogP contribution in [0.4, 0.5) is 0 Å². The molecule has 0 amide bonds. The normalized spacial score (nSPS) is 20.5. The Bertz CT molecular complexity index is 240. The molecule has 3 heteroatoms. The van der Waals surface area contributed by atoms with Crippen LogP contribution in [0.1, 0.15) is 72.1 Å². The van der Waals surface area contributed by atoms with Crippen LogP contribution in [-0.4, -0.2) is 40.8 Å². The molecule has 1 saturated carbocycles. The molecule has 1 rings (SSSR count). The summed E-state index contributed by atoms with van der Waals surface area (Å²) in [4.78, 5) is 2.58. The van der Waals surface area contributed by atoms with E-state index in [-0.39, 0.29) is 5.54 Å². The van der Waals surface area contributed by atoms with Crippen LogP contribution in [0.2, 0.25) is 0 Å². The lowest BCUT2D eigenvalue weighted by Crippen LogP contribution is -2.55. The van der Waals surface area contributed by atoms with E-state index in [9.17, 15) is 5.11 Å². The summed E-state index contributed by atoms with van der Waals surface area (Å²) in [6.07, 6.45) is 9.77. The van der Waals surface area contributed by atoms with E-state index in [4.69, 9.17) is 5.73 Å². The number of nitrogens with zero attached hydrogens (tertiary/aromatic N) is 1. The Morgan fingerprint density at radius 1 is 1.11 bits per heavy atom. The van der Waals surface area contributed by atoms with Gasteiger partial charge in [0.15, 0.2) is 0 Å². The van der Waals surface area contributed by atoms with Gasteiger partial charge in [-0.2, -0.15) is 0 Å². The maximum absolute atomic E-state index is 9.99. The molecule has 0 bridgehead atoms. The highest BCUT2D eigenvalue weighted by atomic mass is 16.3. The van der Waals surface area contributed by atoms with Crippen LogP contribution in [0.15, 0.2) is 0 Å². The van der Waals surface area contributed by atoms with Gasteiger partial charge in [0.2, 0.25) is 0 Å². The quantitative estimate of drug-likeness (QED) is 0.699. The Labute approximate surface area is 119 Å². The Morgan fingerprint density at radius 3 is 2.11 bits per heavy atom. The second-order valence-corrected chi connectivity index (χ2v) is 6.89. The summed E-state index contributed by atoms with van der Waals surface area (Å²) >= 11 is 0. The molecule has 0 atom stereocenters. The Morgan fingerprint density at radius 2 is 1.68 bits per heavy atom. The zero-order chi connectivity index (χ0) is 14.4. The molecule has 0 aromatic heterocycles. The van der Waals surface area contributed by atoms with Crippen LogP contribution < -0.4 is 5.73 Å². The van der Waals surface area contributed by atoms with E-state index in [1.54, 1.807) is 0 Å². The van der Waals surface area contributed by atoms with E-state index >= 15 is 0 Å². The van der Waals surface area contributed by atoms with Gasteiger partial charge >= 0.3 is 0 Å². The van der Waals surface area contributed by atoms with E-state index in [1.165, 1.54) is 38.5 Å². The third-order valence-electron chi connectivity index (χ3n) is 4.57. The summed E-state index contributed by atoms with van der Waals surface area (Å²) < 4.78 is 0. The van der Waals surface area contributed by atoms with Crippen molar-refractivity contribution in [2.75, 3.05) is 19.6 Å². The molecule has 0 spiro atoms. The van der Waals surface area contributed by atoms with Crippen molar-refractivity contribution in [3.63, 3.8) is 0 Å². The second-order valence-electron chi connectivity index (χ2n) is 6.89. The molecule has 1 aliphatic carbocycles. The first kappa shape index (κ1) is 16.9. The lowest BCUT2D eigenvalue weighted by Gasteiger charge is -2.44. The summed E-state index contributed by atoms with van der Waals surface area (Å²) in [6.45, 7) is 8.87. The molecule has 0 radical (unpaired) electrons. The first-order valence-electron chi connectivity index (χ1n) is 8.11. The third kappa shape index (κ3) is 5.41. The van der Waals surface area contributed by atoms with Gasteiger partial charge in [0, 0.05) is 18.6 Å². The molecule has 19 heavy (non-hydrogen) atoms. The number of hydrogen-bond acceptors (Lipinski definition) is 3. The van der Waals surface area contributed by atoms with Gasteiger partial charge in [0.05, 0.1) is 5.60 Å². The van der Waals surface area contributed by atoms with E-state index in [0.29, 0.717) is 0 Å². The van der Waals surface area contributed by atoms with Gasteiger partial charge in [-0.1, -0.05) is 32.6 Å². The van der Waals surface area contributed by atoms with Gasteiger partial charge in [-0.15, -0.1) is 0 Å². The van der Waals surface area contributed by atoms with Crippen LogP contribution in [0.5, 0.6) is 0 Å². The highest BCUT2D eigenvalue weighted by Gasteiger charge is 2.35. The highest BCUT2D eigenvalue weighted by Crippen LogP contribution is 2.32. The molecule has 0 aromatic carbocycles. The number of nitrogens with two attached hydrogens (primary N) is 1. The van der Waals surface area contributed by atoms with Crippen molar-refractivity contribution in [1.29, 1.82) is 0 Å². The molecule has 3 N–H and O–H groups in total. The minimum Gasteiger partial charge on any atom is -0.390 e. The number of rotatable bonds is 7. The molecule has 1 aliphatic rings. The molecule has 0 aromatic rings. The molecule has 114 valence electrons. The topological polar surface area (TPSA) is 49.5 Å². The van der Waals surface area contributed by atoms with Crippen molar-refractivity contribution in [3.8, 4) is 0 Å². The largest absolute Gasteiger partial charge is 0.390 e.